The smallest absolute Gasteiger partial charge is 0.226 e. The summed E-state index contributed by atoms with van der Waals surface area (Å²) in [6, 6.07) is 15.8. The lowest BCUT2D eigenvalue weighted by atomic mass is 10.1. The maximum absolute atomic E-state index is 5.59. The Morgan fingerprint density at radius 1 is 1.00 bits per heavy atom. The Labute approximate surface area is 161 Å². The van der Waals surface area contributed by atoms with Crippen LogP contribution in [0.15, 0.2) is 64.4 Å². The van der Waals surface area contributed by atoms with Crippen LogP contribution < -0.4 is 4.74 Å². The molecule has 0 aliphatic carbocycles. The van der Waals surface area contributed by atoms with Crippen molar-refractivity contribution in [3.05, 3.63) is 66.1 Å². The van der Waals surface area contributed by atoms with Gasteiger partial charge in [-0.25, -0.2) is 9.97 Å². The highest BCUT2D eigenvalue weighted by molar-refractivity contribution is 7.98. The molecular weight excluding hydrogens is 360 g/mol. The number of H-pyrrole nitrogens is 1. The van der Waals surface area contributed by atoms with Gasteiger partial charge in [-0.3, -0.25) is 5.10 Å². The van der Waals surface area contributed by atoms with Gasteiger partial charge in [0.25, 0.3) is 0 Å². The lowest BCUT2D eigenvalue weighted by molar-refractivity contribution is 0.415. The van der Waals surface area contributed by atoms with E-state index in [-0.39, 0.29) is 0 Å². The van der Waals surface area contributed by atoms with E-state index in [0.29, 0.717) is 16.8 Å². The highest BCUT2D eigenvalue weighted by atomic mass is 32.2. The Morgan fingerprint density at radius 3 is 2.48 bits per heavy atom. The number of oxazole rings is 1. The van der Waals surface area contributed by atoms with Crippen LogP contribution in [0, 0.1) is 6.92 Å². The molecule has 0 saturated heterocycles. The summed E-state index contributed by atoms with van der Waals surface area (Å²) in [5.41, 5.74) is 3.99. The van der Waals surface area contributed by atoms with E-state index in [9.17, 15) is 0 Å². The first-order valence-corrected chi connectivity index (χ1v) is 9.41. The monoisotopic (exact) mass is 378 g/mol. The summed E-state index contributed by atoms with van der Waals surface area (Å²) < 4.78 is 10.8. The van der Waals surface area contributed by atoms with Crippen molar-refractivity contribution in [2.75, 3.05) is 7.11 Å². The average molecular weight is 378 g/mol. The molecule has 2 aromatic heterocycles. The van der Waals surface area contributed by atoms with Gasteiger partial charge in [0.05, 0.1) is 12.8 Å². The SMILES string of the molecule is COc1ccc(-c2nc(SCc3coc(-c4ccc(C)cc4)n3)n[nH]2)cc1. The summed E-state index contributed by atoms with van der Waals surface area (Å²) in [5.74, 6) is 2.79. The molecule has 0 fully saturated rings. The second kappa shape index (κ2) is 7.67. The molecule has 1 N–H and O–H groups in total. The predicted octanol–water partition coefficient (Wildman–Crippen LogP) is 4.74. The Balaban J connectivity index is 1.40. The fraction of sp³-hybridized carbons (Fsp3) is 0.150. The van der Waals surface area contributed by atoms with Gasteiger partial charge in [-0.2, -0.15) is 0 Å². The van der Waals surface area contributed by atoms with E-state index in [1.165, 1.54) is 17.3 Å². The second-order valence-electron chi connectivity index (χ2n) is 5.99. The molecule has 136 valence electrons. The minimum absolute atomic E-state index is 0.625. The molecule has 4 aromatic rings. The molecule has 7 heteroatoms. The van der Waals surface area contributed by atoms with E-state index >= 15 is 0 Å². The molecule has 4 rings (SSSR count). The molecule has 0 aliphatic heterocycles. The van der Waals surface area contributed by atoms with E-state index in [1.54, 1.807) is 13.4 Å². The van der Waals surface area contributed by atoms with Gasteiger partial charge in [-0.05, 0) is 43.3 Å². The van der Waals surface area contributed by atoms with Gasteiger partial charge in [-0.1, -0.05) is 29.5 Å². The number of nitrogens with one attached hydrogen (secondary N) is 1. The van der Waals surface area contributed by atoms with Crippen LogP contribution in [0.25, 0.3) is 22.8 Å². The summed E-state index contributed by atoms with van der Waals surface area (Å²) in [7, 11) is 1.65. The summed E-state index contributed by atoms with van der Waals surface area (Å²) in [6.07, 6.45) is 1.68. The number of methoxy groups -OCH3 is 1. The Hall–Kier alpha value is -3.06. The van der Waals surface area contributed by atoms with Gasteiger partial charge in [-0.15, -0.1) is 5.10 Å². The topological polar surface area (TPSA) is 76.8 Å². The zero-order chi connectivity index (χ0) is 18.6. The number of aryl methyl sites for hydroxylation is 1. The quantitative estimate of drug-likeness (QED) is 0.489. The summed E-state index contributed by atoms with van der Waals surface area (Å²) in [5, 5.41) is 7.89. The first-order valence-electron chi connectivity index (χ1n) is 8.42. The first-order chi connectivity index (χ1) is 13.2. The van der Waals surface area contributed by atoms with Gasteiger partial charge in [0.1, 0.15) is 12.0 Å². The molecule has 0 spiro atoms. The standard InChI is InChI=1S/C20H18N4O2S/c1-13-3-5-15(6-4-13)19-21-16(11-26-19)12-27-20-22-18(23-24-20)14-7-9-17(25-2)10-8-14/h3-11H,12H2,1-2H3,(H,22,23,24). The molecule has 27 heavy (non-hydrogen) atoms. The van der Waals surface area contributed by atoms with E-state index in [4.69, 9.17) is 9.15 Å². The largest absolute Gasteiger partial charge is 0.497 e. The molecule has 6 nitrogen and oxygen atoms in total. The number of hydrogen-bond donors (Lipinski definition) is 1. The van der Waals surface area contributed by atoms with Crippen LogP contribution in [0.1, 0.15) is 11.3 Å². The van der Waals surface area contributed by atoms with Crippen LogP contribution >= 0.6 is 11.8 Å². The van der Waals surface area contributed by atoms with E-state index in [1.807, 2.05) is 48.5 Å². The third kappa shape index (κ3) is 4.03. The third-order valence-electron chi connectivity index (χ3n) is 4.03. The third-order valence-corrected chi connectivity index (χ3v) is 4.91. The maximum atomic E-state index is 5.59. The normalized spacial score (nSPS) is 10.9. The Kier molecular flexibility index (Phi) is 4.93. The Morgan fingerprint density at radius 2 is 1.74 bits per heavy atom. The lowest BCUT2D eigenvalue weighted by Crippen LogP contribution is -1.84. The fourth-order valence-electron chi connectivity index (χ4n) is 2.53. The van der Waals surface area contributed by atoms with E-state index < -0.39 is 0 Å². The number of hydrogen-bond acceptors (Lipinski definition) is 6. The molecule has 2 heterocycles. The van der Waals surface area contributed by atoms with Crippen molar-refractivity contribution in [1.29, 1.82) is 0 Å². The van der Waals surface area contributed by atoms with Crippen LogP contribution in [0.3, 0.4) is 0 Å². The maximum Gasteiger partial charge on any atom is 0.226 e. The van der Waals surface area contributed by atoms with Crippen LogP contribution in [-0.4, -0.2) is 27.3 Å². The highest BCUT2D eigenvalue weighted by Gasteiger charge is 2.10. The summed E-state index contributed by atoms with van der Waals surface area (Å²) in [4.78, 5) is 9.06. The van der Waals surface area contributed by atoms with Crippen molar-refractivity contribution >= 4 is 11.8 Å². The average Bonchev–Trinajstić information content (AvgIpc) is 3.37. The summed E-state index contributed by atoms with van der Waals surface area (Å²) in [6.45, 7) is 2.05. The van der Waals surface area contributed by atoms with Crippen LogP contribution in [-0.2, 0) is 5.75 Å². The number of benzene rings is 2. The van der Waals surface area contributed by atoms with Gasteiger partial charge < -0.3 is 9.15 Å². The van der Waals surface area contributed by atoms with Crippen molar-refractivity contribution in [1.82, 2.24) is 20.2 Å². The van der Waals surface area contributed by atoms with Gasteiger partial charge in [0.2, 0.25) is 11.0 Å². The molecule has 0 unspecified atom stereocenters. The number of aromatic amines is 1. The number of nitrogens with zero attached hydrogens (tertiary/aromatic N) is 3. The van der Waals surface area contributed by atoms with Gasteiger partial charge in [0.15, 0.2) is 5.82 Å². The molecule has 0 bridgehead atoms. The van der Waals surface area contributed by atoms with E-state index in [0.717, 1.165) is 28.4 Å². The number of thioether (sulfide) groups is 1. The number of aromatic nitrogens is 4. The molecule has 0 atom stereocenters. The van der Waals surface area contributed by atoms with Crippen molar-refractivity contribution < 1.29 is 9.15 Å². The van der Waals surface area contributed by atoms with Crippen molar-refractivity contribution in [3.8, 4) is 28.6 Å². The number of ether oxygens (including phenoxy) is 1. The first kappa shape index (κ1) is 17.4. The van der Waals surface area contributed by atoms with Crippen molar-refractivity contribution in [2.45, 2.75) is 17.8 Å². The second-order valence-corrected chi connectivity index (χ2v) is 6.94. The molecule has 0 radical (unpaired) electrons. The molecule has 0 aliphatic rings. The molecule has 0 amide bonds. The zero-order valence-corrected chi connectivity index (χ0v) is 15.8. The van der Waals surface area contributed by atoms with Crippen molar-refractivity contribution in [3.63, 3.8) is 0 Å². The van der Waals surface area contributed by atoms with Gasteiger partial charge in [0, 0.05) is 16.9 Å². The van der Waals surface area contributed by atoms with Crippen LogP contribution in [0.4, 0.5) is 0 Å². The van der Waals surface area contributed by atoms with Crippen LogP contribution in [0.2, 0.25) is 0 Å². The minimum atomic E-state index is 0.625. The van der Waals surface area contributed by atoms with Crippen LogP contribution in [0.5, 0.6) is 5.75 Å². The molecular formula is C20H18N4O2S. The summed E-state index contributed by atoms with van der Waals surface area (Å²) >= 11 is 1.51. The molecule has 2 aromatic carbocycles. The Bertz CT molecular complexity index is 1020. The minimum Gasteiger partial charge on any atom is -0.497 e. The number of rotatable bonds is 6. The van der Waals surface area contributed by atoms with Gasteiger partial charge >= 0.3 is 0 Å². The lowest BCUT2D eigenvalue weighted by Gasteiger charge is -1.99. The molecule has 0 saturated carbocycles. The highest BCUT2D eigenvalue weighted by Crippen LogP contribution is 2.25. The van der Waals surface area contributed by atoms with Crippen molar-refractivity contribution in [2.24, 2.45) is 0 Å². The fourth-order valence-corrected chi connectivity index (χ4v) is 3.21. The zero-order valence-electron chi connectivity index (χ0n) is 15.0. The van der Waals surface area contributed by atoms with E-state index in [2.05, 4.69) is 27.1 Å². The predicted molar refractivity (Wildman–Crippen MR) is 105 cm³/mol.